The third kappa shape index (κ3) is 5.56. The minimum atomic E-state index is -0.0644. The summed E-state index contributed by atoms with van der Waals surface area (Å²) in [6.45, 7) is 8.34. The van der Waals surface area contributed by atoms with Crippen molar-refractivity contribution >= 4 is 0 Å². The van der Waals surface area contributed by atoms with Gasteiger partial charge in [-0.25, -0.2) is 4.39 Å². The summed E-state index contributed by atoms with van der Waals surface area (Å²) in [6, 6.07) is 7.05. The second kappa shape index (κ2) is 8.46. The topological polar surface area (TPSA) is 0 Å². The van der Waals surface area contributed by atoms with Crippen LogP contribution in [0.25, 0.3) is 0 Å². The van der Waals surface area contributed by atoms with E-state index in [0.717, 1.165) is 12.0 Å². The van der Waals surface area contributed by atoms with Gasteiger partial charge in [-0.2, -0.15) is 0 Å². The second-order valence-electron chi connectivity index (χ2n) is 3.69. The Morgan fingerprint density at radius 3 is 2.33 bits per heavy atom. The molecule has 1 unspecified atom stereocenters. The summed E-state index contributed by atoms with van der Waals surface area (Å²) in [5.74, 6) is 0.521. The molecule has 0 bridgehead atoms. The summed E-state index contributed by atoms with van der Waals surface area (Å²) >= 11 is 0. The van der Waals surface area contributed by atoms with Gasteiger partial charge in [-0.05, 0) is 24.0 Å². The molecular formula is C14H23F. The number of hydrogen-bond acceptors (Lipinski definition) is 0. The summed E-state index contributed by atoms with van der Waals surface area (Å²) in [6.07, 6.45) is 3.21. The Morgan fingerprint density at radius 2 is 1.80 bits per heavy atom. The highest BCUT2D eigenvalue weighted by atomic mass is 19.1. The molecule has 0 aromatic heterocycles. The third-order valence-electron chi connectivity index (χ3n) is 2.31. The van der Waals surface area contributed by atoms with Crippen LogP contribution in [-0.4, -0.2) is 0 Å². The van der Waals surface area contributed by atoms with E-state index in [1.54, 1.807) is 6.07 Å². The lowest BCUT2D eigenvalue weighted by molar-refractivity contribution is 0.504. The van der Waals surface area contributed by atoms with Gasteiger partial charge in [-0.3, -0.25) is 0 Å². The van der Waals surface area contributed by atoms with Crippen molar-refractivity contribution in [3.8, 4) is 0 Å². The summed E-state index contributed by atoms with van der Waals surface area (Å²) < 4.78 is 13.2. The van der Waals surface area contributed by atoms with Crippen LogP contribution in [0, 0.1) is 11.7 Å². The van der Waals surface area contributed by atoms with Crippen molar-refractivity contribution in [3.05, 3.63) is 35.6 Å². The van der Waals surface area contributed by atoms with Crippen LogP contribution >= 0.6 is 0 Å². The first-order valence-electron chi connectivity index (χ1n) is 5.97. The molecule has 1 aromatic rings. The maximum absolute atomic E-state index is 13.2. The Kier molecular flexibility index (Phi) is 7.98. The maximum Gasteiger partial charge on any atom is 0.126 e. The van der Waals surface area contributed by atoms with Gasteiger partial charge in [-0.15, -0.1) is 0 Å². The molecule has 0 amide bonds. The zero-order valence-electron chi connectivity index (χ0n) is 10.4. The molecule has 0 saturated heterocycles. The summed E-state index contributed by atoms with van der Waals surface area (Å²) in [5.41, 5.74) is 0.850. The molecule has 1 rings (SSSR count). The van der Waals surface area contributed by atoms with Crippen molar-refractivity contribution in [1.29, 1.82) is 0 Å². The van der Waals surface area contributed by atoms with Crippen LogP contribution in [0.3, 0.4) is 0 Å². The first kappa shape index (κ1) is 14.2. The molecule has 0 saturated carbocycles. The Labute approximate surface area is 93.5 Å². The fourth-order valence-corrected chi connectivity index (χ4v) is 1.63. The van der Waals surface area contributed by atoms with Crippen LogP contribution in [0.4, 0.5) is 4.39 Å². The summed E-state index contributed by atoms with van der Waals surface area (Å²) in [7, 11) is 0. The maximum atomic E-state index is 13.2. The first-order valence-corrected chi connectivity index (χ1v) is 5.97. The highest BCUT2D eigenvalue weighted by molar-refractivity contribution is 5.17. The molecule has 0 fully saturated rings. The molecule has 1 atom stereocenters. The van der Waals surface area contributed by atoms with Crippen molar-refractivity contribution in [2.45, 2.75) is 47.0 Å². The minimum absolute atomic E-state index is 0.0644. The quantitative estimate of drug-likeness (QED) is 0.667. The highest BCUT2D eigenvalue weighted by Crippen LogP contribution is 2.15. The van der Waals surface area contributed by atoms with Gasteiger partial charge in [-0.1, -0.05) is 58.7 Å². The minimum Gasteiger partial charge on any atom is -0.207 e. The third-order valence-corrected chi connectivity index (χ3v) is 2.31. The zero-order chi connectivity index (χ0) is 11.7. The van der Waals surface area contributed by atoms with Crippen LogP contribution < -0.4 is 0 Å². The van der Waals surface area contributed by atoms with E-state index in [0.29, 0.717) is 5.92 Å². The first-order chi connectivity index (χ1) is 7.24. The molecule has 0 heterocycles. The van der Waals surface area contributed by atoms with Crippen LogP contribution in [0.2, 0.25) is 0 Å². The molecule has 0 nitrogen and oxygen atoms in total. The van der Waals surface area contributed by atoms with Crippen molar-refractivity contribution in [2.75, 3.05) is 0 Å². The van der Waals surface area contributed by atoms with E-state index >= 15 is 0 Å². The molecule has 0 aliphatic carbocycles. The smallest absolute Gasteiger partial charge is 0.126 e. The van der Waals surface area contributed by atoms with Crippen LogP contribution in [0.15, 0.2) is 24.3 Å². The van der Waals surface area contributed by atoms with E-state index in [-0.39, 0.29) is 5.82 Å². The number of hydrogen-bond donors (Lipinski definition) is 0. The van der Waals surface area contributed by atoms with Crippen molar-refractivity contribution in [3.63, 3.8) is 0 Å². The Bertz CT molecular complexity index is 255. The zero-order valence-corrected chi connectivity index (χ0v) is 10.4. The standard InChI is InChI=1S/C12H17F.C2H6/c1-3-6-10(2)9-11-7-4-5-8-12(11)13;1-2/h4-5,7-8,10H,3,6,9H2,1-2H3;1-2H3. The van der Waals surface area contributed by atoms with Crippen LogP contribution in [0.5, 0.6) is 0 Å². The van der Waals surface area contributed by atoms with Gasteiger partial charge >= 0.3 is 0 Å². The lowest BCUT2D eigenvalue weighted by atomic mass is 9.97. The predicted molar refractivity (Wildman–Crippen MR) is 65.5 cm³/mol. The van der Waals surface area contributed by atoms with Gasteiger partial charge in [0.15, 0.2) is 0 Å². The lowest BCUT2D eigenvalue weighted by Gasteiger charge is -2.10. The molecule has 0 aliphatic heterocycles. The van der Waals surface area contributed by atoms with Crippen molar-refractivity contribution < 1.29 is 4.39 Å². The van der Waals surface area contributed by atoms with Crippen molar-refractivity contribution in [2.24, 2.45) is 5.92 Å². The lowest BCUT2D eigenvalue weighted by Crippen LogP contribution is -2.00. The van der Waals surface area contributed by atoms with E-state index in [2.05, 4.69) is 13.8 Å². The van der Waals surface area contributed by atoms with Gasteiger partial charge in [0.25, 0.3) is 0 Å². The van der Waals surface area contributed by atoms with E-state index in [1.165, 1.54) is 18.9 Å². The fourth-order valence-electron chi connectivity index (χ4n) is 1.63. The molecule has 1 heteroatoms. The number of halogens is 1. The van der Waals surface area contributed by atoms with E-state index in [4.69, 9.17) is 0 Å². The van der Waals surface area contributed by atoms with Gasteiger partial charge in [0.2, 0.25) is 0 Å². The van der Waals surface area contributed by atoms with Crippen LogP contribution in [0.1, 0.15) is 46.1 Å². The molecule has 1 aromatic carbocycles. The predicted octanol–water partition coefficient (Wildman–Crippen LogP) is 4.83. The molecule has 86 valence electrons. The van der Waals surface area contributed by atoms with Crippen molar-refractivity contribution in [1.82, 2.24) is 0 Å². The monoisotopic (exact) mass is 210 g/mol. The van der Waals surface area contributed by atoms with Gasteiger partial charge in [0, 0.05) is 0 Å². The van der Waals surface area contributed by atoms with E-state index < -0.39 is 0 Å². The number of benzene rings is 1. The Balaban J connectivity index is 0.000000921. The molecule has 0 aliphatic rings. The number of rotatable bonds is 4. The second-order valence-corrected chi connectivity index (χ2v) is 3.69. The molecular weight excluding hydrogens is 187 g/mol. The summed E-state index contributed by atoms with van der Waals surface area (Å²) in [4.78, 5) is 0. The average molecular weight is 210 g/mol. The molecule has 15 heavy (non-hydrogen) atoms. The Morgan fingerprint density at radius 1 is 1.20 bits per heavy atom. The molecule has 0 N–H and O–H groups in total. The SMILES string of the molecule is CC.CCCC(C)Cc1ccccc1F. The fraction of sp³-hybridized carbons (Fsp3) is 0.571. The van der Waals surface area contributed by atoms with Crippen LogP contribution in [-0.2, 0) is 6.42 Å². The highest BCUT2D eigenvalue weighted by Gasteiger charge is 2.05. The largest absolute Gasteiger partial charge is 0.207 e. The average Bonchev–Trinajstić information content (AvgIpc) is 2.25. The summed E-state index contributed by atoms with van der Waals surface area (Å²) in [5, 5.41) is 0. The normalized spacial score (nSPS) is 11.5. The van der Waals surface area contributed by atoms with E-state index in [1.807, 2.05) is 26.0 Å². The van der Waals surface area contributed by atoms with Gasteiger partial charge in [0.05, 0.1) is 0 Å². The molecule has 0 spiro atoms. The Hall–Kier alpha value is -0.850. The van der Waals surface area contributed by atoms with Gasteiger partial charge in [0.1, 0.15) is 5.82 Å². The van der Waals surface area contributed by atoms with E-state index in [9.17, 15) is 4.39 Å². The molecule has 0 radical (unpaired) electrons. The van der Waals surface area contributed by atoms with Gasteiger partial charge < -0.3 is 0 Å².